The first-order valence-corrected chi connectivity index (χ1v) is 9.69. The van der Waals surface area contributed by atoms with Crippen molar-refractivity contribution in [3.05, 3.63) is 53.4 Å². The van der Waals surface area contributed by atoms with Crippen molar-refractivity contribution in [3.8, 4) is 16.4 Å². The second kappa shape index (κ2) is 7.58. The van der Waals surface area contributed by atoms with Gasteiger partial charge in [0.05, 0.1) is 22.7 Å². The Hall–Kier alpha value is -2.58. The number of aromatic nitrogens is 3. The van der Waals surface area contributed by atoms with Crippen molar-refractivity contribution in [2.45, 2.75) is 31.9 Å². The lowest BCUT2D eigenvalue weighted by atomic mass is 10.1. The summed E-state index contributed by atoms with van der Waals surface area (Å²) in [7, 11) is 0. The molecule has 8 heteroatoms. The average Bonchev–Trinajstić information content (AvgIpc) is 3.42. The van der Waals surface area contributed by atoms with Gasteiger partial charge in [0.1, 0.15) is 5.82 Å². The lowest BCUT2D eigenvalue weighted by Crippen LogP contribution is -2.41. The van der Waals surface area contributed by atoms with Crippen molar-refractivity contribution in [2.24, 2.45) is 0 Å². The SMILES string of the molecule is CC(NC(=O)c1nc(-c2cccs2)n(-c2ccc(F)cc2)n1)C1CCCO1. The minimum Gasteiger partial charge on any atom is -0.376 e. The van der Waals surface area contributed by atoms with Gasteiger partial charge in [0.25, 0.3) is 5.91 Å². The van der Waals surface area contributed by atoms with Crippen LogP contribution < -0.4 is 5.32 Å². The van der Waals surface area contributed by atoms with E-state index >= 15 is 0 Å². The molecule has 4 rings (SSSR count). The maximum Gasteiger partial charge on any atom is 0.291 e. The van der Waals surface area contributed by atoms with Gasteiger partial charge in [0.15, 0.2) is 5.82 Å². The second-order valence-corrected chi connectivity index (χ2v) is 7.39. The molecule has 0 radical (unpaired) electrons. The summed E-state index contributed by atoms with van der Waals surface area (Å²) in [5.74, 6) is -0.0596. The van der Waals surface area contributed by atoms with Crippen LogP contribution in [0.2, 0.25) is 0 Å². The third-order valence-electron chi connectivity index (χ3n) is 4.50. The Morgan fingerprint density at radius 2 is 2.19 bits per heavy atom. The van der Waals surface area contributed by atoms with Gasteiger partial charge < -0.3 is 10.1 Å². The molecule has 0 aliphatic carbocycles. The van der Waals surface area contributed by atoms with Gasteiger partial charge >= 0.3 is 0 Å². The third-order valence-corrected chi connectivity index (χ3v) is 5.37. The normalized spacial score (nSPS) is 17.8. The molecule has 3 heterocycles. The van der Waals surface area contributed by atoms with Crippen LogP contribution in [0.25, 0.3) is 16.4 Å². The summed E-state index contributed by atoms with van der Waals surface area (Å²) in [4.78, 5) is 18.0. The standard InChI is InChI=1S/C19H19FN4O2S/c1-12(15-4-2-10-26-15)21-19(25)17-22-18(16-5-3-11-27-16)24(23-17)14-8-6-13(20)7-9-14/h3,5-9,11-12,15H,2,4,10H2,1H3,(H,21,25). The van der Waals surface area contributed by atoms with E-state index in [4.69, 9.17) is 4.74 Å². The van der Waals surface area contributed by atoms with Crippen LogP contribution in [0.4, 0.5) is 4.39 Å². The average molecular weight is 386 g/mol. The highest BCUT2D eigenvalue weighted by molar-refractivity contribution is 7.13. The largest absolute Gasteiger partial charge is 0.376 e. The molecule has 140 valence electrons. The highest BCUT2D eigenvalue weighted by Gasteiger charge is 2.26. The summed E-state index contributed by atoms with van der Waals surface area (Å²) in [5.41, 5.74) is 0.638. The summed E-state index contributed by atoms with van der Waals surface area (Å²) in [6, 6.07) is 9.62. The topological polar surface area (TPSA) is 69.0 Å². The maximum atomic E-state index is 13.3. The number of hydrogen-bond acceptors (Lipinski definition) is 5. The summed E-state index contributed by atoms with van der Waals surface area (Å²) >= 11 is 1.50. The molecule has 1 saturated heterocycles. The Bertz CT molecular complexity index is 918. The number of carbonyl (C=O) groups excluding carboxylic acids is 1. The fourth-order valence-electron chi connectivity index (χ4n) is 3.10. The van der Waals surface area contributed by atoms with Gasteiger partial charge in [0.2, 0.25) is 5.82 Å². The fraction of sp³-hybridized carbons (Fsp3) is 0.316. The van der Waals surface area contributed by atoms with Crippen molar-refractivity contribution in [2.75, 3.05) is 6.61 Å². The van der Waals surface area contributed by atoms with E-state index in [1.807, 2.05) is 24.4 Å². The van der Waals surface area contributed by atoms with Crippen molar-refractivity contribution in [3.63, 3.8) is 0 Å². The van der Waals surface area contributed by atoms with E-state index in [2.05, 4.69) is 15.4 Å². The first kappa shape index (κ1) is 17.8. The van der Waals surface area contributed by atoms with Crippen LogP contribution in [0.1, 0.15) is 30.4 Å². The zero-order chi connectivity index (χ0) is 18.8. The van der Waals surface area contributed by atoms with Gasteiger partial charge in [-0.2, -0.15) is 0 Å². The molecule has 6 nitrogen and oxygen atoms in total. The number of hydrogen-bond donors (Lipinski definition) is 1. The van der Waals surface area contributed by atoms with Gasteiger partial charge in [0, 0.05) is 6.61 Å². The minimum absolute atomic E-state index is 0.0184. The molecule has 2 unspecified atom stereocenters. The van der Waals surface area contributed by atoms with Gasteiger partial charge in [-0.05, 0) is 55.5 Å². The smallest absolute Gasteiger partial charge is 0.291 e. The number of thiophene rings is 1. The van der Waals surface area contributed by atoms with Crippen molar-refractivity contribution < 1.29 is 13.9 Å². The van der Waals surface area contributed by atoms with Crippen LogP contribution in [0.3, 0.4) is 0 Å². The molecule has 0 saturated carbocycles. The number of amides is 1. The van der Waals surface area contributed by atoms with Gasteiger partial charge in [-0.1, -0.05) is 6.07 Å². The van der Waals surface area contributed by atoms with Crippen LogP contribution in [0, 0.1) is 5.82 Å². The third kappa shape index (κ3) is 3.77. The Kier molecular flexibility index (Phi) is 5.00. The zero-order valence-corrected chi connectivity index (χ0v) is 15.6. The Labute approximate surface area is 160 Å². The molecular weight excluding hydrogens is 367 g/mol. The van der Waals surface area contributed by atoms with Crippen LogP contribution in [0.15, 0.2) is 41.8 Å². The van der Waals surface area contributed by atoms with Crippen LogP contribution in [-0.4, -0.2) is 39.4 Å². The highest BCUT2D eigenvalue weighted by Crippen LogP contribution is 2.26. The van der Waals surface area contributed by atoms with Gasteiger partial charge in [-0.15, -0.1) is 16.4 Å². The van der Waals surface area contributed by atoms with E-state index in [0.29, 0.717) is 11.5 Å². The minimum atomic E-state index is -0.350. The predicted molar refractivity (Wildman–Crippen MR) is 101 cm³/mol. The van der Waals surface area contributed by atoms with Crippen molar-refractivity contribution >= 4 is 17.2 Å². The van der Waals surface area contributed by atoms with Crippen molar-refractivity contribution in [1.29, 1.82) is 0 Å². The first-order valence-electron chi connectivity index (χ1n) is 8.81. The summed E-state index contributed by atoms with van der Waals surface area (Å²) in [6.45, 7) is 2.65. The molecule has 3 aromatic rings. The molecule has 1 aliphatic heterocycles. The van der Waals surface area contributed by atoms with Gasteiger partial charge in [-0.3, -0.25) is 4.79 Å². The maximum absolute atomic E-state index is 13.3. The van der Waals surface area contributed by atoms with E-state index in [1.54, 1.807) is 16.8 Å². The quantitative estimate of drug-likeness (QED) is 0.729. The fourth-order valence-corrected chi connectivity index (χ4v) is 3.80. The molecule has 1 fully saturated rings. The van der Waals surface area contributed by atoms with Crippen molar-refractivity contribution in [1.82, 2.24) is 20.1 Å². The monoisotopic (exact) mass is 386 g/mol. The van der Waals surface area contributed by atoms with Crippen LogP contribution >= 0.6 is 11.3 Å². The molecule has 2 aromatic heterocycles. The van der Waals surface area contributed by atoms with E-state index in [0.717, 1.165) is 24.3 Å². The number of ether oxygens (including phenoxy) is 1. The van der Waals surface area contributed by atoms with E-state index in [-0.39, 0.29) is 29.7 Å². The molecular formula is C19H19FN4O2S. The lowest BCUT2D eigenvalue weighted by molar-refractivity contribution is 0.0706. The number of halogens is 1. The molecule has 27 heavy (non-hydrogen) atoms. The molecule has 0 bridgehead atoms. The van der Waals surface area contributed by atoms with Gasteiger partial charge in [-0.25, -0.2) is 14.1 Å². The molecule has 2 atom stereocenters. The number of rotatable bonds is 5. The summed E-state index contributed by atoms with van der Waals surface area (Å²) < 4.78 is 20.5. The summed E-state index contributed by atoms with van der Waals surface area (Å²) in [6.07, 6.45) is 1.95. The lowest BCUT2D eigenvalue weighted by Gasteiger charge is -2.18. The number of nitrogens with zero attached hydrogens (tertiary/aromatic N) is 3. The van der Waals surface area contributed by atoms with Crippen LogP contribution in [0.5, 0.6) is 0 Å². The van der Waals surface area contributed by atoms with E-state index < -0.39 is 0 Å². The molecule has 0 spiro atoms. The molecule has 1 N–H and O–H groups in total. The second-order valence-electron chi connectivity index (χ2n) is 6.44. The van der Waals surface area contributed by atoms with E-state index in [1.165, 1.54) is 23.5 Å². The van der Waals surface area contributed by atoms with E-state index in [9.17, 15) is 9.18 Å². The zero-order valence-electron chi connectivity index (χ0n) is 14.8. The number of benzene rings is 1. The van der Waals surface area contributed by atoms with Crippen LogP contribution in [-0.2, 0) is 4.74 Å². The highest BCUT2D eigenvalue weighted by atomic mass is 32.1. The molecule has 1 aliphatic rings. The Morgan fingerprint density at radius 1 is 1.37 bits per heavy atom. The summed E-state index contributed by atoms with van der Waals surface area (Å²) in [5, 5.41) is 9.24. The Morgan fingerprint density at radius 3 is 2.85 bits per heavy atom. The number of carbonyl (C=O) groups is 1. The molecule has 1 amide bonds. The number of nitrogens with one attached hydrogen (secondary N) is 1. The first-order chi connectivity index (χ1) is 13.1. The molecule has 1 aromatic carbocycles. The Balaban J connectivity index is 1.64. The predicted octanol–water partition coefficient (Wildman–Crippen LogP) is 3.43.